The van der Waals surface area contributed by atoms with Crippen molar-refractivity contribution in [3.8, 4) is 24.7 Å². The van der Waals surface area contributed by atoms with Crippen LogP contribution in [0.15, 0.2) is 0 Å². The average Bonchev–Trinajstić information content (AvgIpc) is 2.14. The Kier molecular flexibility index (Phi) is 5.48. The summed E-state index contributed by atoms with van der Waals surface area (Å²) in [6.07, 6.45) is 13.1. The molecule has 0 unspecified atom stereocenters. The van der Waals surface area contributed by atoms with E-state index in [1.165, 1.54) is 0 Å². The van der Waals surface area contributed by atoms with E-state index in [-0.39, 0.29) is 11.0 Å². The molecule has 0 bridgehead atoms. The van der Waals surface area contributed by atoms with Gasteiger partial charge in [-0.1, -0.05) is 0 Å². The molecule has 1 nitrogen and oxygen atoms in total. The summed E-state index contributed by atoms with van der Waals surface area (Å²) in [4.78, 5) is 0. The molecule has 0 aromatic heterocycles. The van der Waals surface area contributed by atoms with Gasteiger partial charge >= 0.3 is 0 Å². The van der Waals surface area contributed by atoms with Crippen LogP contribution >= 0.6 is 0 Å². The Morgan fingerprint density at radius 2 is 1.67 bits per heavy atom. The van der Waals surface area contributed by atoms with Crippen LogP contribution in [0.5, 0.6) is 0 Å². The highest BCUT2D eigenvalue weighted by Gasteiger charge is 2.20. The number of rotatable bonds is 6. The van der Waals surface area contributed by atoms with Gasteiger partial charge in [0.15, 0.2) is 0 Å². The van der Waals surface area contributed by atoms with Crippen LogP contribution in [-0.4, -0.2) is 12.2 Å². The van der Waals surface area contributed by atoms with E-state index < -0.39 is 0 Å². The second-order valence-electron chi connectivity index (χ2n) is 5.09. The standard InChI is InChI=1S/C14H22O/c1-7-9-10-14(5,6)15-12-11-13(3,4)8-2/h1-2H,9-12H2,3-6H3. The van der Waals surface area contributed by atoms with Crippen LogP contribution in [0.2, 0.25) is 0 Å². The van der Waals surface area contributed by atoms with Crippen LogP contribution in [0.1, 0.15) is 47.0 Å². The molecule has 0 N–H and O–H groups in total. The summed E-state index contributed by atoms with van der Waals surface area (Å²) in [5.74, 6) is 5.39. The first-order chi connectivity index (χ1) is 6.83. The molecule has 0 heterocycles. The van der Waals surface area contributed by atoms with E-state index in [1.54, 1.807) is 0 Å². The van der Waals surface area contributed by atoms with Crippen LogP contribution < -0.4 is 0 Å². The molecule has 84 valence electrons. The quantitative estimate of drug-likeness (QED) is 0.606. The summed E-state index contributed by atoms with van der Waals surface area (Å²) in [6, 6.07) is 0. The zero-order valence-electron chi connectivity index (χ0n) is 10.4. The predicted octanol–water partition coefficient (Wildman–Crippen LogP) is 3.24. The molecule has 0 rings (SSSR count). The number of hydrogen-bond acceptors (Lipinski definition) is 1. The van der Waals surface area contributed by atoms with Crippen molar-refractivity contribution in [2.24, 2.45) is 5.41 Å². The molecule has 0 aliphatic rings. The van der Waals surface area contributed by atoms with E-state index in [4.69, 9.17) is 17.6 Å². The van der Waals surface area contributed by atoms with E-state index in [9.17, 15) is 0 Å². The predicted molar refractivity (Wildman–Crippen MR) is 65.3 cm³/mol. The minimum atomic E-state index is -0.142. The van der Waals surface area contributed by atoms with Gasteiger partial charge in [0.05, 0.1) is 5.60 Å². The largest absolute Gasteiger partial charge is 0.375 e. The average molecular weight is 206 g/mol. The Morgan fingerprint density at radius 1 is 1.07 bits per heavy atom. The minimum absolute atomic E-state index is 0.0812. The molecule has 0 aliphatic heterocycles. The van der Waals surface area contributed by atoms with Crippen molar-refractivity contribution in [3.63, 3.8) is 0 Å². The Morgan fingerprint density at radius 3 is 2.13 bits per heavy atom. The van der Waals surface area contributed by atoms with Gasteiger partial charge in [-0.3, -0.25) is 0 Å². The highest BCUT2D eigenvalue weighted by molar-refractivity contribution is 5.00. The van der Waals surface area contributed by atoms with Crippen molar-refractivity contribution in [2.45, 2.75) is 52.6 Å². The zero-order chi connectivity index (χ0) is 11.9. The topological polar surface area (TPSA) is 9.23 Å². The lowest BCUT2D eigenvalue weighted by Crippen LogP contribution is -2.26. The van der Waals surface area contributed by atoms with E-state index >= 15 is 0 Å². The lowest BCUT2D eigenvalue weighted by atomic mass is 9.91. The van der Waals surface area contributed by atoms with E-state index in [1.807, 2.05) is 13.8 Å². The maximum atomic E-state index is 5.78. The van der Waals surface area contributed by atoms with Gasteiger partial charge in [-0.25, -0.2) is 0 Å². The third-order valence-electron chi connectivity index (χ3n) is 2.48. The molecule has 0 aromatic rings. The van der Waals surface area contributed by atoms with E-state index in [0.29, 0.717) is 6.61 Å². The summed E-state index contributed by atoms with van der Waals surface area (Å²) in [6.45, 7) is 8.91. The molecule has 0 aromatic carbocycles. The summed E-state index contributed by atoms with van der Waals surface area (Å²) in [5, 5.41) is 0. The summed E-state index contributed by atoms with van der Waals surface area (Å²) in [5.41, 5.74) is -0.223. The Bertz CT molecular complexity index is 260. The van der Waals surface area contributed by atoms with Gasteiger partial charge in [-0.2, -0.15) is 0 Å². The van der Waals surface area contributed by atoms with Crippen LogP contribution in [-0.2, 0) is 4.74 Å². The monoisotopic (exact) mass is 206 g/mol. The molecule has 0 fully saturated rings. The third kappa shape index (κ3) is 7.06. The minimum Gasteiger partial charge on any atom is -0.375 e. The van der Waals surface area contributed by atoms with Crippen LogP contribution in [0, 0.1) is 30.1 Å². The molecular formula is C14H22O. The molecule has 1 heteroatoms. The van der Waals surface area contributed by atoms with Gasteiger partial charge in [0, 0.05) is 18.4 Å². The third-order valence-corrected chi connectivity index (χ3v) is 2.48. The second kappa shape index (κ2) is 5.84. The first-order valence-corrected chi connectivity index (χ1v) is 5.38. The van der Waals surface area contributed by atoms with Crippen molar-refractivity contribution in [1.82, 2.24) is 0 Å². The van der Waals surface area contributed by atoms with Crippen molar-refractivity contribution in [2.75, 3.05) is 6.61 Å². The normalized spacial score (nSPS) is 11.9. The maximum absolute atomic E-state index is 5.78. The van der Waals surface area contributed by atoms with Crippen molar-refractivity contribution >= 4 is 0 Å². The smallest absolute Gasteiger partial charge is 0.0635 e. The number of hydrogen-bond donors (Lipinski definition) is 0. The molecule has 0 saturated carbocycles. The molecule has 0 radical (unpaired) electrons. The summed E-state index contributed by atoms with van der Waals surface area (Å²) in [7, 11) is 0. The van der Waals surface area contributed by atoms with Gasteiger partial charge in [0.25, 0.3) is 0 Å². The van der Waals surface area contributed by atoms with Crippen LogP contribution in [0.4, 0.5) is 0 Å². The van der Waals surface area contributed by atoms with Crippen LogP contribution in [0.25, 0.3) is 0 Å². The molecule has 0 aliphatic carbocycles. The summed E-state index contributed by atoms with van der Waals surface area (Å²) < 4.78 is 5.78. The van der Waals surface area contributed by atoms with Crippen LogP contribution in [0.3, 0.4) is 0 Å². The summed E-state index contributed by atoms with van der Waals surface area (Å²) >= 11 is 0. The number of ether oxygens (including phenoxy) is 1. The van der Waals surface area contributed by atoms with Crippen molar-refractivity contribution < 1.29 is 4.74 Å². The first-order valence-electron chi connectivity index (χ1n) is 5.38. The van der Waals surface area contributed by atoms with E-state index in [0.717, 1.165) is 19.3 Å². The fraction of sp³-hybridized carbons (Fsp3) is 0.714. The lowest BCUT2D eigenvalue weighted by Gasteiger charge is -2.26. The van der Waals surface area contributed by atoms with Crippen molar-refractivity contribution in [1.29, 1.82) is 0 Å². The fourth-order valence-corrected chi connectivity index (χ4v) is 1.10. The molecule has 0 spiro atoms. The first kappa shape index (κ1) is 14.1. The number of terminal acetylenes is 2. The molecule has 0 saturated heterocycles. The highest BCUT2D eigenvalue weighted by Crippen LogP contribution is 2.22. The Hall–Kier alpha value is -0.920. The van der Waals surface area contributed by atoms with Gasteiger partial charge in [-0.15, -0.1) is 24.7 Å². The molecule has 15 heavy (non-hydrogen) atoms. The SMILES string of the molecule is C#CCCC(C)(C)OCCC(C)(C)C#C. The molecule has 0 amide bonds. The maximum Gasteiger partial charge on any atom is 0.0635 e. The lowest BCUT2D eigenvalue weighted by molar-refractivity contribution is -0.0297. The van der Waals surface area contributed by atoms with Gasteiger partial charge in [0.1, 0.15) is 0 Å². The second-order valence-corrected chi connectivity index (χ2v) is 5.09. The van der Waals surface area contributed by atoms with Gasteiger partial charge < -0.3 is 4.74 Å². The Labute approximate surface area is 94.6 Å². The van der Waals surface area contributed by atoms with Gasteiger partial charge in [-0.05, 0) is 40.5 Å². The zero-order valence-corrected chi connectivity index (χ0v) is 10.4. The van der Waals surface area contributed by atoms with E-state index in [2.05, 4.69) is 25.7 Å². The van der Waals surface area contributed by atoms with Gasteiger partial charge in [0.2, 0.25) is 0 Å². The Balaban J connectivity index is 3.86. The molecule has 0 atom stereocenters. The fourth-order valence-electron chi connectivity index (χ4n) is 1.10. The molecular weight excluding hydrogens is 184 g/mol. The van der Waals surface area contributed by atoms with Crippen molar-refractivity contribution in [3.05, 3.63) is 0 Å². The highest BCUT2D eigenvalue weighted by atomic mass is 16.5.